The third kappa shape index (κ3) is 5.18. The van der Waals surface area contributed by atoms with Crippen molar-refractivity contribution in [1.82, 2.24) is 5.32 Å². The molecule has 4 nitrogen and oxygen atoms in total. The summed E-state index contributed by atoms with van der Waals surface area (Å²) in [6.45, 7) is 0.637. The van der Waals surface area contributed by atoms with Gasteiger partial charge in [0.1, 0.15) is 0 Å². The van der Waals surface area contributed by atoms with Gasteiger partial charge >= 0.3 is 0 Å². The minimum atomic E-state index is -1.04. The van der Waals surface area contributed by atoms with Crippen LogP contribution in [-0.2, 0) is 15.6 Å². The van der Waals surface area contributed by atoms with Crippen LogP contribution in [0.3, 0.4) is 0 Å². The topological polar surface area (TPSA) is 72.2 Å². The third-order valence-corrected chi connectivity index (χ3v) is 6.10. The van der Waals surface area contributed by atoms with Gasteiger partial charge in [-0.2, -0.15) is 0 Å². The maximum Gasteiger partial charge on any atom is 0.220 e. The highest BCUT2D eigenvalue weighted by atomic mass is 79.9. The van der Waals surface area contributed by atoms with Gasteiger partial charge in [0.05, 0.1) is 10.8 Å². The SMILES string of the molecule is NCC1CCCC1NC(=O)CCCS(=O)c1ccc(Br)cc1. The second-order valence-corrected chi connectivity index (χ2v) is 8.19. The number of halogens is 1. The Balaban J connectivity index is 1.70. The van der Waals surface area contributed by atoms with E-state index in [1.54, 1.807) is 0 Å². The third-order valence-electron chi connectivity index (χ3n) is 4.12. The van der Waals surface area contributed by atoms with Crippen molar-refractivity contribution in [2.45, 2.75) is 43.0 Å². The van der Waals surface area contributed by atoms with Crippen LogP contribution in [0.25, 0.3) is 0 Å². The molecular weight excluding hydrogens is 364 g/mol. The van der Waals surface area contributed by atoms with E-state index < -0.39 is 10.8 Å². The second kappa shape index (κ2) is 8.79. The van der Waals surface area contributed by atoms with Crippen molar-refractivity contribution in [3.8, 4) is 0 Å². The molecule has 2 rings (SSSR count). The molecule has 3 atom stereocenters. The van der Waals surface area contributed by atoms with Crippen LogP contribution in [0.15, 0.2) is 33.6 Å². The van der Waals surface area contributed by atoms with Gasteiger partial charge in [0.2, 0.25) is 5.91 Å². The van der Waals surface area contributed by atoms with E-state index in [4.69, 9.17) is 5.73 Å². The first kappa shape index (κ1) is 17.6. The first-order chi connectivity index (χ1) is 10.6. The predicted octanol–water partition coefficient (Wildman–Crippen LogP) is 2.58. The molecule has 3 N–H and O–H groups in total. The molecule has 1 aliphatic carbocycles. The number of carbonyl (C=O) groups excluding carboxylic acids is 1. The highest BCUT2D eigenvalue weighted by Gasteiger charge is 2.27. The summed E-state index contributed by atoms with van der Waals surface area (Å²) in [5.74, 6) is 0.985. The molecule has 1 saturated carbocycles. The van der Waals surface area contributed by atoms with E-state index in [1.165, 1.54) is 0 Å². The van der Waals surface area contributed by atoms with Crippen molar-refractivity contribution in [3.63, 3.8) is 0 Å². The zero-order valence-electron chi connectivity index (χ0n) is 12.6. The summed E-state index contributed by atoms with van der Waals surface area (Å²) in [5.41, 5.74) is 5.72. The largest absolute Gasteiger partial charge is 0.353 e. The van der Waals surface area contributed by atoms with Crippen molar-refractivity contribution in [3.05, 3.63) is 28.7 Å². The standard InChI is InChI=1S/C16H23BrN2O2S/c17-13-6-8-14(9-7-13)22(21)10-2-5-16(20)19-15-4-1-3-12(15)11-18/h6-9,12,15H,1-5,10-11,18H2,(H,19,20). The molecule has 0 aliphatic heterocycles. The van der Waals surface area contributed by atoms with Gasteiger partial charge in [-0.15, -0.1) is 0 Å². The fraction of sp³-hybridized carbons (Fsp3) is 0.562. The van der Waals surface area contributed by atoms with Crippen molar-refractivity contribution in [1.29, 1.82) is 0 Å². The Labute approximate surface area is 142 Å². The van der Waals surface area contributed by atoms with E-state index in [0.29, 0.717) is 31.1 Å². The molecule has 1 aromatic rings. The lowest BCUT2D eigenvalue weighted by Crippen LogP contribution is -2.39. The lowest BCUT2D eigenvalue weighted by atomic mass is 10.0. The average Bonchev–Trinajstić information content (AvgIpc) is 2.95. The Morgan fingerprint density at radius 2 is 2.05 bits per heavy atom. The number of hydrogen-bond donors (Lipinski definition) is 2. The van der Waals surface area contributed by atoms with Crippen molar-refractivity contribution >= 4 is 32.6 Å². The summed E-state index contributed by atoms with van der Waals surface area (Å²) >= 11 is 3.36. The van der Waals surface area contributed by atoms with Gasteiger partial charge in [0.25, 0.3) is 0 Å². The van der Waals surface area contributed by atoms with Crippen LogP contribution in [0, 0.1) is 5.92 Å². The van der Waals surface area contributed by atoms with Crippen LogP contribution < -0.4 is 11.1 Å². The Hall–Kier alpha value is -0.720. The number of hydrogen-bond acceptors (Lipinski definition) is 3. The second-order valence-electron chi connectivity index (χ2n) is 5.71. The van der Waals surface area contributed by atoms with Crippen LogP contribution in [0.2, 0.25) is 0 Å². The molecule has 3 unspecified atom stereocenters. The summed E-state index contributed by atoms with van der Waals surface area (Å²) in [5, 5.41) is 3.08. The molecule has 1 fully saturated rings. The Morgan fingerprint density at radius 1 is 1.32 bits per heavy atom. The number of rotatable bonds is 7. The van der Waals surface area contributed by atoms with Crippen molar-refractivity contribution < 1.29 is 9.00 Å². The summed E-state index contributed by atoms with van der Waals surface area (Å²) in [7, 11) is -1.04. The molecule has 1 aromatic carbocycles. The molecule has 0 bridgehead atoms. The molecule has 0 spiro atoms. The fourth-order valence-electron chi connectivity index (χ4n) is 2.86. The van der Waals surface area contributed by atoms with E-state index in [1.807, 2.05) is 24.3 Å². The van der Waals surface area contributed by atoms with E-state index in [2.05, 4.69) is 21.2 Å². The monoisotopic (exact) mass is 386 g/mol. The zero-order chi connectivity index (χ0) is 15.9. The average molecular weight is 387 g/mol. The quantitative estimate of drug-likeness (QED) is 0.756. The molecule has 122 valence electrons. The van der Waals surface area contributed by atoms with Gasteiger partial charge in [0.15, 0.2) is 0 Å². The Bertz CT molecular complexity index is 521. The number of carbonyl (C=O) groups is 1. The van der Waals surface area contributed by atoms with Crippen molar-refractivity contribution in [2.75, 3.05) is 12.3 Å². The minimum Gasteiger partial charge on any atom is -0.353 e. The van der Waals surface area contributed by atoms with Gasteiger partial charge in [-0.1, -0.05) is 22.4 Å². The highest BCUT2D eigenvalue weighted by Crippen LogP contribution is 2.24. The number of benzene rings is 1. The van der Waals surface area contributed by atoms with E-state index >= 15 is 0 Å². The Kier molecular flexibility index (Phi) is 7.05. The smallest absolute Gasteiger partial charge is 0.220 e. The fourth-order valence-corrected chi connectivity index (χ4v) is 4.20. The van der Waals surface area contributed by atoms with Crippen LogP contribution in [0.1, 0.15) is 32.1 Å². The molecule has 0 aromatic heterocycles. The van der Waals surface area contributed by atoms with Crippen LogP contribution in [0.4, 0.5) is 0 Å². The van der Waals surface area contributed by atoms with Crippen LogP contribution in [0.5, 0.6) is 0 Å². The summed E-state index contributed by atoms with van der Waals surface area (Å²) < 4.78 is 13.1. The summed E-state index contributed by atoms with van der Waals surface area (Å²) in [4.78, 5) is 12.8. The van der Waals surface area contributed by atoms with E-state index in [-0.39, 0.29) is 11.9 Å². The molecular formula is C16H23BrN2O2S. The summed E-state index contributed by atoms with van der Waals surface area (Å²) in [6, 6.07) is 7.70. The molecule has 0 radical (unpaired) electrons. The predicted molar refractivity (Wildman–Crippen MR) is 93.0 cm³/mol. The molecule has 0 saturated heterocycles. The minimum absolute atomic E-state index is 0.0538. The molecule has 1 aliphatic rings. The molecule has 0 heterocycles. The lowest BCUT2D eigenvalue weighted by Gasteiger charge is -2.19. The zero-order valence-corrected chi connectivity index (χ0v) is 15.0. The molecule has 1 amide bonds. The first-order valence-electron chi connectivity index (χ1n) is 7.73. The number of nitrogens with two attached hydrogens (primary N) is 1. The van der Waals surface area contributed by atoms with Crippen molar-refractivity contribution in [2.24, 2.45) is 11.7 Å². The van der Waals surface area contributed by atoms with Crippen LogP contribution >= 0.6 is 15.9 Å². The number of nitrogens with one attached hydrogen (secondary N) is 1. The van der Waals surface area contributed by atoms with Gasteiger partial charge in [-0.05, 0) is 56.0 Å². The van der Waals surface area contributed by atoms with Gasteiger partial charge in [-0.25, -0.2) is 0 Å². The van der Waals surface area contributed by atoms with Gasteiger partial charge in [-0.3, -0.25) is 9.00 Å². The maximum absolute atomic E-state index is 12.1. The maximum atomic E-state index is 12.1. The molecule has 6 heteroatoms. The van der Waals surface area contributed by atoms with Gasteiger partial charge in [0, 0.05) is 27.6 Å². The van der Waals surface area contributed by atoms with Gasteiger partial charge < -0.3 is 11.1 Å². The number of amides is 1. The normalized spacial score (nSPS) is 22.5. The Morgan fingerprint density at radius 3 is 2.73 bits per heavy atom. The first-order valence-corrected chi connectivity index (χ1v) is 9.84. The highest BCUT2D eigenvalue weighted by molar-refractivity contribution is 9.10. The van der Waals surface area contributed by atoms with Crippen LogP contribution in [-0.4, -0.2) is 28.5 Å². The van der Waals surface area contributed by atoms with E-state index in [9.17, 15) is 9.00 Å². The summed E-state index contributed by atoms with van der Waals surface area (Å²) in [6.07, 6.45) is 4.33. The molecule has 22 heavy (non-hydrogen) atoms. The lowest BCUT2D eigenvalue weighted by molar-refractivity contribution is -0.122. The van der Waals surface area contributed by atoms with E-state index in [0.717, 1.165) is 28.6 Å².